The van der Waals surface area contributed by atoms with Gasteiger partial charge >= 0.3 is 0 Å². The number of carbonyl (C=O) groups excluding carboxylic acids is 1. The molecule has 1 heterocycles. The zero-order valence-electron chi connectivity index (χ0n) is 10.3. The molecular formula is C13H11Br2ClN2O. The molecule has 0 atom stereocenters. The lowest BCUT2D eigenvalue weighted by Gasteiger charge is -2.11. The van der Waals surface area contributed by atoms with Gasteiger partial charge in [0.1, 0.15) is 5.69 Å². The van der Waals surface area contributed by atoms with Crippen molar-refractivity contribution in [3.63, 3.8) is 0 Å². The van der Waals surface area contributed by atoms with Crippen LogP contribution in [0.1, 0.15) is 35.9 Å². The summed E-state index contributed by atoms with van der Waals surface area (Å²) in [7, 11) is 0. The number of ketones is 1. The molecule has 0 bridgehead atoms. The molecule has 0 aliphatic heterocycles. The highest BCUT2D eigenvalue weighted by molar-refractivity contribution is 9.11. The summed E-state index contributed by atoms with van der Waals surface area (Å²) in [6.45, 7) is 3.91. The molecule has 0 N–H and O–H groups in total. The standard InChI is InChI=1S/C13H11Br2ClN2O/c1-7(2)18-12(11(16)6-17-18)13(19)9-4-3-8(14)5-10(9)15/h3-7H,1-2H3. The van der Waals surface area contributed by atoms with Crippen molar-refractivity contribution in [2.24, 2.45) is 0 Å². The van der Waals surface area contributed by atoms with Crippen molar-refractivity contribution >= 4 is 49.2 Å². The number of carbonyl (C=O) groups is 1. The number of hydrogen-bond acceptors (Lipinski definition) is 2. The SMILES string of the molecule is CC(C)n1ncc(Cl)c1C(=O)c1ccc(Br)cc1Br. The molecule has 0 unspecified atom stereocenters. The number of benzene rings is 1. The quantitative estimate of drug-likeness (QED) is 0.682. The van der Waals surface area contributed by atoms with Gasteiger partial charge in [0.05, 0.1) is 11.2 Å². The second kappa shape index (κ2) is 5.77. The summed E-state index contributed by atoms with van der Waals surface area (Å²) in [6.07, 6.45) is 1.50. The zero-order chi connectivity index (χ0) is 14.2. The van der Waals surface area contributed by atoms with Crippen LogP contribution in [0.4, 0.5) is 0 Å². The second-order valence-corrected chi connectivity index (χ2v) is 6.51. The van der Waals surface area contributed by atoms with Gasteiger partial charge in [-0.1, -0.05) is 27.5 Å². The molecule has 0 radical (unpaired) electrons. The van der Waals surface area contributed by atoms with Crippen LogP contribution in [-0.4, -0.2) is 15.6 Å². The Balaban J connectivity index is 2.53. The van der Waals surface area contributed by atoms with Gasteiger partial charge in [-0.3, -0.25) is 9.48 Å². The number of aromatic nitrogens is 2. The van der Waals surface area contributed by atoms with Gasteiger partial charge in [-0.15, -0.1) is 0 Å². The summed E-state index contributed by atoms with van der Waals surface area (Å²) < 4.78 is 3.26. The molecule has 100 valence electrons. The van der Waals surface area contributed by atoms with Gasteiger partial charge in [0.2, 0.25) is 5.78 Å². The zero-order valence-corrected chi connectivity index (χ0v) is 14.3. The molecule has 6 heteroatoms. The summed E-state index contributed by atoms with van der Waals surface area (Å²) in [5.74, 6) is -0.143. The second-order valence-electron chi connectivity index (χ2n) is 4.33. The van der Waals surface area contributed by atoms with Gasteiger partial charge in [-0.05, 0) is 48.0 Å². The predicted octanol–water partition coefficient (Wildman–Crippen LogP) is 4.87. The third kappa shape index (κ3) is 2.93. The Hall–Kier alpha value is -0.650. The van der Waals surface area contributed by atoms with E-state index in [1.807, 2.05) is 26.0 Å². The van der Waals surface area contributed by atoms with Crippen molar-refractivity contribution in [3.8, 4) is 0 Å². The summed E-state index contributed by atoms with van der Waals surface area (Å²) >= 11 is 12.8. The van der Waals surface area contributed by atoms with Gasteiger partial charge in [0.25, 0.3) is 0 Å². The predicted molar refractivity (Wildman–Crippen MR) is 82.9 cm³/mol. The lowest BCUT2D eigenvalue weighted by Crippen LogP contribution is -2.14. The minimum absolute atomic E-state index is 0.0701. The molecule has 3 nitrogen and oxygen atoms in total. The lowest BCUT2D eigenvalue weighted by molar-refractivity contribution is 0.102. The maximum atomic E-state index is 12.6. The van der Waals surface area contributed by atoms with E-state index >= 15 is 0 Å². The highest BCUT2D eigenvalue weighted by atomic mass is 79.9. The first-order valence-corrected chi connectivity index (χ1v) is 7.61. The molecule has 0 saturated heterocycles. The van der Waals surface area contributed by atoms with E-state index in [0.29, 0.717) is 16.3 Å². The number of hydrogen-bond donors (Lipinski definition) is 0. The maximum Gasteiger partial charge on any atom is 0.213 e. The molecule has 0 spiro atoms. The minimum Gasteiger partial charge on any atom is -0.287 e. The van der Waals surface area contributed by atoms with E-state index in [1.165, 1.54) is 6.20 Å². The maximum absolute atomic E-state index is 12.6. The first-order valence-electron chi connectivity index (χ1n) is 5.64. The fourth-order valence-corrected chi connectivity index (χ4v) is 3.19. The van der Waals surface area contributed by atoms with E-state index in [1.54, 1.807) is 10.7 Å². The summed E-state index contributed by atoms with van der Waals surface area (Å²) in [6, 6.07) is 5.48. The van der Waals surface area contributed by atoms with E-state index in [-0.39, 0.29) is 11.8 Å². The van der Waals surface area contributed by atoms with E-state index in [0.717, 1.165) is 8.95 Å². The average Bonchev–Trinajstić information content (AvgIpc) is 2.70. The molecule has 0 saturated carbocycles. The Morgan fingerprint density at radius 3 is 2.63 bits per heavy atom. The molecule has 0 amide bonds. The highest BCUT2D eigenvalue weighted by Gasteiger charge is 2.22. The van der Waals surface area contributed by atoms with Crippen LogP contribution in [0.15, 0.2) is 33.3 Å². The third-order valence-electron chi connectivity index (χ3n) is 2.63. The van der Waals surface area contributed by atoms with Crippen molar-refractivity contribution < 1.29 is 4.79 Å². The van der Waals surface area contributed by atoms with Gasteiger partial charge in [0.15, 0.2) is 0 Å². The smallest absolute Gasteiger partial charge is 0.213 e. The molecule has 1 aromatic heterocycles. The van der Waals surface area contributed by atoms with Crippen molar-refractivity contribution in [3.05, 3.63) is 49.6 Å². The van der Waals surface area contributed by atoms with Crippen molar-refractivity contribution in [2.45, 2.75) is 19.9 Å². The van der Waals surface area contributed by atoms with Crippen LogP contribution in [0.2, 0.25) is 5.02 Å². The van der Waals surface area contributed by atoms with Crippen LogP contribution in [-0.2, 0) is 0 Å². The first-order chi connectivity index (χ1) is 8.91. The Morgan fingerprint density at radius 2 is 2.05 bits per heavy atom. The van der Waals surface area contributed by atoms with Crippen LogP contribution < -0.4 is 0 Å². The van der Waals surface area contributed by atoms with E-state index in [4.69, 9.17) is 11.6 Å². The molecule has 2 aromatic rings. The summed E-state index contributed by atoms with van der Waals surface area (Å²) in [5.41, 5.74) is 0.979. The summed E-state index contributed by atoms with van der Waals surface area (Å²) in [5, 5.41) is 4.52. The Morgan fingerprint density at radius 1 is 1.37 bits per heavy atom. The summed E-state index contributed by atoms with van der Waals surface area (Å²) in [4.78, 5) is 12.6. The number of halogens is 3. The molecule has 0 aliphatic carbocycles. The average molecular weight is 407 g/mol. The molecule has 0 aliphatic rings. The fraction of sp³-hybridized carbons (Fsp3) is 0.231. The van der Waals surface area contributed by atoms with Gasteiger partial charge in [-0.2, -0.15) is 5.10 Å². The largest absolute Gasteiger partial charge is 0.287 e. The van der Waals surface area contributed by atoms with Crippen LogP contribution in [0.5, 0.6) is 0 Å². The fourth-order valence-electron chi connectivity index (χ4n) is 1.75. The Bertz CT molecular complexity index is 638. The Kier molecular flexibility index (Phi) is 4.48. The van der Waals surface area contributed by atoms with Gasteiger partial charge in [-0.25, -0.2) is 0 Å². The molecular weight excluding hydrogens is 395 g/mol. The van der Waals surface area contributed by atoms with E-state index < -0.39 is 0 Å². The van der Waals surface area contributed by atoms with E-state index in [2.05, 4.69) is 37.0 Å². The third-order valence-corrected chi connectivity index (χ3v) is 4.06. The number of nitrogens with zero attached hydrogens (tertiary/aromatic N) is 2. The number of rotatable bonds is 3. The molecule has 19 heavy (non-hydrogen) atoms. The topological polar surface area (TPSA) is 34.9 Å². The van der Waals surface area contributed by atoms with Crippen molar-refractivity contribution in [1.82, 2.24) is 9.78 Å². The Labute approximate surface area is 133 Å². The van der Waals surface area contributed by atoms with Gasteiger partial charge in [0, 0.05) is 20.6 Å². The van der Waals surface area contributed by atoms with E-state index in [9.17, 15) is 4.79 Å². The van der Waals surface area contributed by atoms with Crippen LogP contribution in [0.25, 0.3) is 0 Å². The molecule has 0 fully saturated rings. The van der Waals surface area contributed by atoms with Crippen molar-refractivity contribution in [2.75, 3.05) is 0 Å². The van der Waals surface area contributed by atoms with Gasteiger partial charge < -0.3 is 0 Å². The minimum atomic E-state index is -0.143. The normalized spacial score (nSPS) is 11.1. The molecule has 2 rings (SSSR count). The van der Waals surface area contributed by atoms with Crippen LogP contribution in [0, 0.1) is 0 Å². The van der Waals surface area contributed by atoms with Crippen LogP contribution in [0.3, 0.4) is 0 Å². The first kappa shape index (κ1) is 14.8. The van der Waals surface area contributed by atoms with Crippen LogP contribution >= 0.6 is 43.5 Å². The molecule has 1 aromatic carbocycles. The monoisotopic (exact) mass is 404 g/mol. The highest BCUT2D eigenvalue weighted by Crippen LogP contribution is 2.27. The van der Waals surface area contributed by atoms with Crippen molar-refractivity contribution in [1.29, 1.82) is 0 Å². The lowest BCUT2D eigenvalue weighted by atomic mass is 10.1.